The molecule has 1 aromatic rings. The zero-order chi connectivity index (χ0) is 12.0. The van der Waals surface area contributed by atoms with Crippen molar-refractivity contribution < 1.29 is 0 Å². The Labute approximate surface area is 98.7 Å². The van der Waals surface area contributed by atoms with Gasteiger partial charge in [0.2, 0.25) is 0 Å². The van der Waals surface area contributed by atoms with E-state index in [0.717, 1.165) is 37.3 Å². The van der Waals surface area contributed by atoms with E-state index in [1.807, 2.05) is 6.20 Å². The van der Waals surface area contributed by atoms with Gasteiger partial charge in [-0.15, -0.1) is 0 Å². The summed E-state index contributed by atoms with van der Waals surface area (Å²) in [6.07, 6.45) is 5.19. The zero-order valence-corrected chi connectivity index (χ0v) is 10.9. The van der Waals surface area contributed by atoms with Gasteiger partial charge in [-0.1, -0.05) is 13.8 Å². The molecular weight excluding hydrogens is 198 g/mol. The monoisotopic (exact) mass is 221 g/mol. The number of aromatic nitrogens is 2. The van der Waals surface area contributed by atoms with Gasteiger partial charge >= 0.3 is 0 Å². The Morgan fingerprint density at radius 1 is 1.31 bits per heavy atom. The molecule has 1 rings (SSSR count). The van der Waals surface area contributed by atoms with E-state index in [1.54, 1.807) is 0 Å². The average Bonchev–Trinajstić information content (AvgIpc) is 2.26. The second-order valence-electron chi connectivity index (χ2n) is 4.25. The maximum absolute atomic E-state index is 4.54. The van der Waals surface area contributed by atoms with E-state index in [4.69, 9.17) is 0 Å². The Hall–Kier alpha value is -0.960. The van der Waals surface area contributed by atoms with Gasteiger partial charge in [-0.2, -0.15) is 0 Å². The quantitative estimate of drug-likeness (QED) is 0.802. The van der Waals surface area contributed by atoms with Crippen molar-refractivity contribution in [1.29, 1.82) is 0 Å². The highest BCUT2D eigenvalue weighted by molar-refractivity contribution is 5.19. The van der Waals surface area contributed by atoms with Crippen molar-refractivity contribution >= 4 is 0 Å². The fourth-order valence-electron chi connectivity index (χ4n) is 1.76. The first kappa shape index (κ1) is 13.1. The number of nitrogens with zero attached hydrogens (tertiary/aromatic N) is 2. The zero-order valence-electron chi connectivity index (χ0n) is 10.9. The average molecular weight is 221 g/mol. The van der Waals surface area contributed by atoms with Gasteiger partial charge in [-0.3, -0.25) is 0 Å². The molecular formula is C13H23N3. The second kappa shape index (κ2) is 6.59. The molecule has 1 unspecified atom stereocenters. The summed E-state index contributed by atoms with van der Waals surface area (Å²) in [5, 5.41) is 3.46. The van der Waals surface area contributed by atoms with Crippen molar-refractivity contribution in [3.63, 3.8) is 0 Å². The van der Waals surface area contributed by atoms with Gasteiger partial charge in [0.1, 0.15) is 5.82 Å². The topological polar surface area (TPSA) is 37.8 Å². The molecule has 0 aliphatic rings. The van der Waals surface area contributed by atoms with Crippen LogP contribution in [0, 0.1) is 6.92 Å². The Kier molecular flexibility index (Phi) is 5.39. The summed E-state index contributed by atoms with van der Waals surface area (Å²) in [5.41, 5.74) is 2.32. The molecule has 3 heteroatoms. The summed E-state index contributed by atoms with van der Waals surface area (Å²) in [6.45, 7) is 9.60. The van der Waals surface area contributed by atoms with Crippen LogP contribution in [0.5, 0.6) is 0 Å². The first-order valence-corrected chi connectivity index (χ1v) is 6.24. The molecule has 0 amide bonds. The molecule has 0 radical (unpaired) electrons. The van der Waals surface area contributed by atoms with E-state index in [0.29, 0.717) is 6.04 Å². The number of hydrogen-bond donors (Lipinski definition) is 1. The molecule has 90 valence electrons. The van der Waals surface area contributed by atoms with Crippen molar-refractivity contribution in [2.24, 2.45) is 0 Å². The van der Waals surface area contributed by atoms with E-state index in [9.17, 15) is 0 Å². The van der Waals surface area contributed by atoms with Crippen molar-refractivity contribution in [3.8, 4) is 0 Å². The maximum atomic E-state index is 4.54. The Bertz CT molecular complexity index is 323. The molecule has 0 saturated heterocycles. The molecule has 0 aromatic carbocycles. The normalized spacial score (nSPS) is 12.8. The largest absolute Gasteiger partial charge is 0.310 e. The predicted octanol–water partition coefficient (Wildman–Crippen LogP) is 2.80. The van der Waals surface area contributed by atoms with Crippen LogP contribution in [0.4, 0.5) is 0 Å². The highest BCUT2D eigenvalue weighted by atomic mass is 14.9. The fraction of sp³-hybridized carbons (Fsp3) is 0.692. The molecule has 16 heavy (non-hydrogen) atoms. The van der Waals surface area contributed by atoms with E-state index in [2.05, 4.69) is 43.0 Å². The molecule has 1 atom stereocenters. The van der Waals surface area contributed by atoms with Crippen LogP contribution in [0.3, 0.4) is 0 Å². The summed E-state index contributed by atoms with van der Waals surface area (Å²) in [6, 6.07) is 0.343. The van der Waals surface area contributed by atoms with Crippen LogP contribution in [0.2, 0.25) is 0 Å². The van der Waals surface area contributed by atoms with Crippen LogP contribution in [-0.2, 0) is 6.42 Å². The summed E-state index contributed by atoms with van der Waals surface area (Å²) in [4.78, 5) is 8.95. The lowest BCUT2D eigenvalue weighted by molar-refractivity contribution is 0.562. The summed E-state index contributed by atoms with van der Waals surface area (Å²) >= 11 is 0. The maximum Gasteiger partial charge on any atom is 0.128 e. The molecule has 0 fully saturated rings. The minimum absolute atomic E-state index is 0.343. The lowest BCUT2D eigenvalue weighted by Crippen LogP contribution is -2.21. The van der Waals surface area contributed by atoms with Crippen molar-refractivity contribution in [2.75, 3.05) is 6.54 Å². The van der Waals surface area contributed by atoms with Crippen molar-refractivity contribution in [1.82, 2.24) is 15.3 Å². The van der Waals surface area contributed by atoms with Crippen molar-refractivity contribution in [3.05, 3.63) is 23.3 Å². The van der Waals surface area contributed by atoms with Gasteiger partial charge in [0, 0.05) is 29.9 Å². The SMILES string of the molecule is CCCNC(C)c1cnc(CCC)nc1C. The summed E-state index contributed by atoms with van der Waals surface area (Å²) in [5.74, 6) is 0.964. The highest BCUT2D eigenvalue weighted by Crippen LogP contribution is 2.14. The van der Waals surface area contributed by atoms with Crippen LogP contribution in [0.25, 0.3) is 0 Å². The van der Waals surface area contributed by atoms with Crippen LogP contribution in [0.15, 0.2) is 6.20 Å². The van der Waals surface area contributed by atoms with Gasteiger partial charge in [0.05, 0.1) is 0 Å². The van der Waals surface area contributed by atoms with Gasteiger partial charge < -0.3 is 5.32 Å². The van der Waals surface area contributed by atoms with Crippen LogP contribution < -0.4 is 5.32 Å². The molecule has 0 spiro atoms. The molecule has 1 N–H and O–H groups in total. The van der Waals surface area contributed by atoms with Gasteiger partial charge in [-0.25, -0.2) is 9.97 Å². The summed E-state index contributed by atoms with van der Waals surface area (Å²) < 4.78 is 0. The van der Waals surface area contributed by atoms with E-state index < -0.39 is 0 Å². The molecule has 0 bridgehead atoms. The van der Waals surface area contributed by atoms with E-state index in [1.165, 1.54) is 5.56 Å². The van der Waals surface area contributed by atoms with Crippen LogP contribution in [0.1, 0.15) is 56.7 Å². The van der Waals surface area contributed by atoms with Crippen molar-refractivity contribution in [2.45, 2.75) is 53.0 Å². The number of rotatable bonds is 6. The fourth-order valence-corrected chi connectivity index (χ4v) is 1.76. The first-order chi connectivity index (χ1) is 7.69. The third-order valence-corrected chi connectivity index (χ3v) is 2.71. The second-order valence-corrected chi connectivity index (χ2v) is 4.25. The number of hydrogen-bond acceptors (Lipinski definition) is 3. The summed E-state index contributed by atoms with van der Waals surface area (Å²) in [7, 11) is 0. The molecule has 1 aromatic heterocycles. The molecule has 0 aliphatic carbocycles. The third-order valence-electron chi connectivity index (χ3n) is 2.71. The standard InChI is InChI=1S/C13H23N3/c1-5-7-13-15-9-12(11(4)16-13)10(3)14-8-6-2/h9-10,14H,5-8H2,1-4H3. The lowest BCUT2D eigenvalue weighted by Gasteiger charge is -2.15. The molecule has 0 aliphatic heterocycles. The highest BCUT2D eigenvalue weighted by Gasteiger charge is 2.09. The van der Waals surface area contributed by atoms with Crippen LogP contribution in [-0.4, -0.2) is 16.5 Å². The smallest absolute Gasteiger partial charge is 0.128 e. The van der Waals surface area contributed by atoms with E-state index >= 15 is 0 Å². The molecule has 0 saturated carbocycles. The van der Waals surface area contributed by atoms with Gasteiger partial charge in [0.25, 0.3) is 0 Å². The minimum atomic E-state index is 0.343. The third kappa shape index (κ3) is 3.56. The molecule has 3 nitrogen and oxygen atoms in total. The first-order valence-electron chi connectivity index (χ1n) is 6.24. The number of aryl methyl sites for hydroxylation is 2. The van der Waals surface area contributed by atoms with E-state index in [-0.39, 0.29) is 0 Å². The Balaban J connectivity index is 2.73. The minimum Gasteiger partial charge on any atom is -0.310 e. The Morgan fingerprint density at radius 2 is 2.06 bits per heavy atom. The van der Waals surface area contributed by atoms with Crippen LogP contribution >= 0.6 is 0 Å². The molecule has 1 heterocycles. The van der Waals surface area contributed by atoms with Gasteiger partial charge in [0.15, 0.2) is 0 Å². The number of nitrogens with one attached hydrogen (secondary N) is 1. The predicted molar refractivity (Wildman–Crippen MR) is 67.5 cm³/mol. The Morgan fingerprint density at radius 3 is 2.62 bits per heavy atom. The lowest BCUT2D eigenvalue weighted by atomic mass is 10.1. The van der Waals surface area contributed by atoms with Gasteiger partial charge in [-0.05, 0) is 33.2 Å².